The van der Waals surface area contributed by atoms with Crippen LogP contribution in [-0.2, 0) is 6.42 Å². The molecule has 0 fully saturated rings. The molecule has 2 rings (SSSR count). The Kier molecular flexibility index (Phi) is 3.04. The molecule has 0 amide bonds. The smallest absolute Gasteiger partial charge is 0.0692 e. The predicted molar refractivity (Wildman–Crippen MR) is 61.3 cm³/mol. The van der Waals surface area contributed by atoms with Gasteiger partial charge in [0.2, 0.25) is 0 Å². The van der Waals surface area contributed by atoms with Crippen LogP contribution >= 0.6 is 11.6 Å². The third-order valence-corrected chi connectivity index (χ3v) is 2.45. The Morgan fingerprint density at radius 2 is 2.27 bits per heavy atom. The van der Waals surface area contributed by atoms with Crippen molar-refractivity contribution in [1.82, 2.24) is 9.78 Å². The maximum absolute atomic E-state index is 5.96. The van der Waals surface area contributed by atoms with Crippen molar-refractivity contribution in [2.75, 3.05) is 6.54 Å². The van der Waals surface area contributed by atoms with E-state index in [1.54, 1.807) is 10.9 Å². The largest absolute Gasteiger partial charge is 0.330 e. The molecule has 0 aliphatic rings. The number of rotatable bonds is 3. The fraction of sp³-hybridized carbons (Fsp3) is 0.182. The van der Waals surface area contributed by atoms with Crippen LogP contribution < -0.4 is 5.73 Å². The molecule has 1 aromatic carbocycles. The fourth-order valence-electron chi connectivity index (χ4n) is 1.53. The number of aromatic nitrogens is 2. The van der Waals surface area contributed by atoms with Crippen LogP contribution in [0.3, 0.4) is 0 Å². The van der Waals surface area contributed by atoms with E-state index in [1.165, 1.54) is 0 Å². The Morgan fingerprint density at radius 3 is 2.93 bits per heavy atom. The molecule has 0 saturated carbocycles. The molecule has 3 nitrogen and oxygen atoms in total. The molecule has 0 saturated heterocycles. The van der Waals surface area contributed by atoms with Crippen LogP contribution in [0.2, 0.25) is 5.02 Å². The number of halogens is 1. The molecule has 1 heterocycles. The van der Waals surface area contributed by atoms with E-state index in [4.69, 9.17) is 17.3 Å². The van der Waals surface area contributed by atoms with Crippen LogP contribution in [-0.4, -0.2) is 16.3 Å². The lowest BCUT2D eigenvalue weighted by Crippen LogP contribution is -2.07. The van der Waals surface area contributed by atoms with E-state index in [0.717, 1.165) is 17.7 Å². The van der Waals surface area contributed by atoms with E-state index in [0.29, 0.717) is 11.6 Å². The second-order valence-electron chi connectivity index (χ2n) is 3.26. The van der Waals surface area contributed by atoms with Gasteiger partial charge in [0.25, 0.3) is 0 Å². The van der Waals surface area contributed by atoms with Gasteiger partial charge in [-0.25, -0.2) is 4.68 Å². The molecule has 78 valence electrons. The van der Waals surface area contributed by atoms with Gasteiger partial charge in [-0.05, 0) is 36.7 Å². The second-order valence-corrected chi connectivity index (χ2v) is 3.70. The maximum Gasteiger partial charge on any atom is 0.0692 e. The third-order valence-electron chi connectivity index (χ3n) is 2.21. The quantitative estimate of drug-likeness (QED) is 0.862. The molecule has 1 aromatic heterocycles. The number of nitrogens with two attached hydrogens (primary N) is 1. The monoisotopic (exact) mass is 221 g/mol. The third kappa shape index (κ3) is 2.19. The molecule has 15 heavy (non-hydrogen) atoms. The van der Waals surface area contributed by atoms with Crippen molar-refractivity contribution in [1.29, 1.82) is 0 Å². The lowest BCUT2D eigenvalue weighted by atomic mass is 10.1. The Bertz CT molecular complexity index is 437. The molecule has 2 N–H and O–H groups in total. The average Bonchev–Trinajstić information content (AvgIpc) is 2.74. The summed E-state index contributed by atoms with van der Waals surface area (Å²) in [7, 11) is 0. The molecule has 0 radical (unpaired) electrons. The SMILES string of the molecule is NCCc1ccc(Cl)cc1-n1cccn1. The zero-order valence-electron chi connectivity index (χ0n) is 8.23. The van der Waals surface area contributed by atoms with E-state index in [-0.39, 0.29) is 0 Å². The van der Waals surface area contributed by atoms with Gasteiger partial charge < -0.3 is 5.73 Å². The van der Waals surface area contributed by atoms with Crippen LogP contribution in [0.25, 0.3) is 5.69 Å². The van der Waals surface area contributed by atoms with Gasteiger partial charge >= 0.3 is 0 Å². The highest BCUT2D eigenvalue weighted by Crippen LogP contribution is 2.19. The molecule has 0 bridgehead atoms. The van der Waals surface area contributed by atoms with Gasteiger partial charge in [0.1, 0.15) is 0 Å². The van der Waals surface area contributed by atoms with Crippen molar-refractivity contribution in [3.8, 4) is 5.69 Å². The van der Waals surface area contributed by atoms with Gasteiger partial charge in [-0.3, -0.25) is 0 Å². The molecule has 4 heteroatoms. The lowest BCUT2D eigenvalue weighted by molar-refractivity contribution is 0.851. The van der Waals surface area contributed by atoms with E-state index in [2.05, 4.69) is 5.10 Å². The van der Waals surface area contributed by atoms with Crippen molar-refractivity contribution in [3.05, 3.63) is 47.2 Å². The van der Waals surface area contributed by atoms with Crippen molar-refractivity contribution >= 4 is 11.6 Å². The van der Waals surface area contributed by atoms with Crippen LogP contribution in [0.4, 0.5) is 0 Å². The summed E-state index contributed by atoms with van der Waals surface area (Å²) in [4.78, 5) is 0. The molecule has 0 aliphatic carbocycles. The van der Waals surface area contributed by atoms with Crippen LogP contribution in [0.5, 0.6) is 0 Å². The summed E-state index contributed by atoms with van der Waals surface area (Å²) in [6.45, 7) is 0.621. The fourth-order valence-corrected chi connectivity index (χ4v) is 1.69. The number of hydrogen-bond acceptors (Lipinski definition) is 2. The zero-order valence-corrected chi connectivity index (χ0v) is 8.98. The highest BCUT2D eigenvalue weighted by atomic mass is 35.5. The van der Waals surface area contributed by atoms with E-state index < -0.39 is 0 Å². The Morgan fingerprint density at radius 1 is 1.40 bits per heavy atom. The van der Waals surface area contributed by atoms with Crippen LogP contribution in [0.15, 0.2) is 36.7 Å². The minimum atomic E-state index is 0.621. The van der Waals surface area contributed by atoms with Crippen LogP contribution in [0, 0.1) is 0 Å². The first-order valence-electron chi connectivity index (χ1n) is 4.80. The second kappa shape index (κ2) is 4.47. The summed E-state index contributed by atoms with van der Waals surface area (Å²) in [6, 6.07) is 7.65. The van der Waals surface area contributed by atoms with Crippen molar-refractivity contribution in [3.63, 3.8) is 0 Å². The maximum atomic E-state index is 5.96. The summed E-state index contributed by atoms with van der Waals surface area (Å²) in [6.07, 6.45) is 4.46. The molecular formula is C11H12ClN3. The minimum Gasteiger partial charge on any atom is -0.330 e. The molecule has 2 aromatic rings. The highest BCUT2D eigenvalue weighted by molar-refractivity contribution is 6.30. The van der Waals surface area contributed by atoms with Gasteiger partial charge in [-0.1, -0.05) is 17.7 Å². The normalized spacial score (nSPS) is 10.5. The summed E-state index contributed by atoms with van der Waals surface area (Å²) in [5, 5.41) is 4.90. The predicted octanol–water partition coefficient (Wildman–Crippen LogP) is 2.03. The number of benzene rings is 1. The highest BCUT2D eigenvalue weighted by Gasteiger charge is 2.04. The Balaban J connectivity index is 2.47. The summed E-state index contributed by atoms with van der Waals surface area (Å²) in [5.41, 5.74) is 7.71. The summed E-state index contributed by atoms with van der Waals surface area (Å²) in [5.74, 6) is 0. The molecular weight excluding hydrogens is 210 g/mol. The lowest BCUT2D eigenvalue weighted by Gasteiger charge is -2.09. The van der Waals surface area contributed by atoms with Gasteiger partial charge in [-0.2, -0.15) is 5.10 Å². The summed E-state index contributed by atoms with van der Waals surface area (Å²) >= 11 is 5.96. The van der Waals surface area contributed by atoms with Gasteiger partial charge in [0.15, 0.2) is 0 Å². The van der Waals surface area contributed by atoms with E-state index in [1.807, 2.05) is 30.5 Å². The topological polar surface area (TPSA) is 43.8 Å². The Labute approximate surface area is 93.5 Å². The van der Waals surface area contributed by atoms with Crippen LogP contribution in [0.1, 0.15) is 5.56 Å². The van der Waals surface area contributed by atoms with Gasteiger partial charge in [0, 0.05) is 17.4 Å². The zero-order chi connectivity index (χ0) is 10.7. The number of hydrogen-bond donors (Lipinski definition) is 1. The molecule has 0 spiro atoms. The first kappa shape index (κ1) is 10.2. The van der Waals surface area contributed by atoms with Crippen molar-refractivity contribution < 1.29 is 0 Å². The van der Waals surface area contributed by atoms with E-state index in [9.17, 15) is 0 Å². The van der Waals surface area contributed by atoms with E-state index >= 15 is 0 Å². The average molecular weight is 222 g/mol. The summed E-state index contributed by atoms with van der Waals surface area (Å²) < 4.78 is 1.80. The first-order valence-corrected chi connectivity index (χ1v) is 5.17. The Hall–Kier alpha value is -1.32. The minimum absolute atomic E-state index is 0.621. The first-order chi connectivity index (χ1) is 7.31. The van der Waals surface area contributed by atoms with Crippen molar-refractivity contribution in [2.45, 2.75) is 6.42 Å². The molecule has 0 unspecified atom stereocenters. The van der Waals surface area contributed by atoms with Gasteiger partial charge in [0.05, 0.1) is 5.69 Å². The molecule has 0 aliphatic heterocycles. The molecule has 0 atom stereocenters. The van der Waals surface area contributed by atoms with Crippen molar-refractivity contribution in [2.24, 2.45) is 5.73 Å². The number of nitrogens with zero attached hydrogens (tertiary/aromatic N) is 2. The van der Waals surface area contributed by atoms with Gasteiger partial charge in [-0.15, -0.1) is 0 Å². The standard InChI is InChI=1S/C11H12ClN3/c12-10-3-2-9(4-5-13)11(8-10)15-7-1-6-14-15/h1-3,6-8H,4-5,13H2.